The number of likely N-dealkylation sites (tertiary alicyclic amines) is 2. The molecule has 0 bridgehead atoms. The molecule has 1 amide bonds. The van der Waals surface area contributed by atoms with Gasteiger partial charge in [-0.25, -0.2) is 0 Å². The van der Waals surface area contributed by atoms with E-state index in [0.29, 0.717) is 24.4 Å². The standard InChI is InChI=1S/C17H26N2OS/c1-18-11-3-8-15(18)16-9-4-12-19(16)17(20)10-2-6-14-7-5-13-21-14/h5,7,13,15-16H,2-4,6,8-12H2,1H3. The Morgan fingerprint density at radius 2 is 2.10 bits per heavy atom. The van der Waals surface area contributed by atoms with Gasteiger partial charge < -0.3 is 9.80 Å². The third-order valence-electron chi connectivity index (χ3n) is 5.03. The van der Waals surface area contributed by atoms with Gasteiger partial charge in [-0.3, -0.25) is 4.79 Å². The van der Waals surface area contributed by atoms with Crippen LogP contribution in [-0.2, 0) is 11.2 Å². The number of nitrogens with zero attached hydrogens (tertiary/aromatic N) is 2. The summed E-state index contributed by atoms with van der Waals surface area (Å²) in [6.07, 6.45) is 7.69. The van der Waals surface area contributed by atoms with E-state index in [1.807, 2.05) is 0 Å². The van der Waals surface area contributed by atoms with Crippen molar-refractivity contribution in [2.75, 3.05) is 20.1 Å². The Morgan fingerprint density at radius 1 is 1.29 bits per heavy atom. The van der Waals surface area contributed by atoms with Gasteiger partial charge >= 0.3 is 0 Å². The highest BCUT2D eigenvalue weighted by atomic mass is 32.1. The average Bonchev–Trinajstić information content (AvgIpc) is 3.18. The molecule has 0 aliphatic carbocycles. The highest BCUT2D eigenvalue weighted by Gasteiger charge is 2.37. The Bertz CT molecular complexity index is 459. The van der Waals surface area contributed by atoms with Crippen molar-refractivity contribution in [1.29, 1.82) is 0 Å². The van der Waals surface area contributed by atoms with E-state index in [1.165, 1.54) is 37.1 Å². The molecule has 3 nitrogen and oxygen atoms in total. The lowest BCUT2D eigenvalue weighted by atomic mass is 10.0. The zero-order chi connectivity index (χ0) is 14.7. The van der Waals surface area contributed by atoms with Gasteiger partial charge in [0.1, 0.15) is 0 Å². The molecule has 21 heavy (non-hydrogen) atoms. The Morgan fingerprint density at radius 3 is 2.81 bits per heavy atom. The minimum Gasteiger partial charge on any atom is -0.338 e. The summed E-state index contributed by atoms with van der Waals surface area (Å²) in [5, 5.41) is 2.11. The van der Waals surface area contributed by atoms with E-state index in [2.05, 4.69) is 34.4 Å². The summed E-state index contributed by atoms with van der Waals surface area (Å²) in [6.45, 7) is 2.18. The first-order valence-electron chi connectivity index (χ1n) is 8.28. The van der Waals surface area contributed by atoms with Crippen LogP contribution in [0.1, 0.15) is 43.4 Å². The molecule has 116 valence electrons. The summed E-state index contributed by atoms with van der Waals surface area (Å²) in [7, 11) is 2.22. The highest BCUT2D eigenvalue weighted by molar-refractivity contribution is 7.09. The van der Waals surface area contributed by atoms with Gasteiger partial charge in [0.2, 0.25) is 5.91 Å². The number of likely N-dealkylation sites (N-methyl/N-ethyl adjacent to an activating group) is 1. The molecule has 0 spiro atoms. The monoisotopic (exact) mass is 306 g/mol. The molecule has 3 rings (SSSR count). The minimum atomic E-state index is 0.384. The van der Waals surface area contributed by atoms with E-state index in [0.717, 1.165) is 19.4 Å². The lowest BCUT2D eigenvalue weighted by molar-refractivity contribution is -0.133. The maximum Gasteiger partial charge on any atom is 0.222 e. The van der Waals surface area contributed by atoms with E-state index in [4.69, 9.17) is 0 Å². The SMILES string of the molecule is CN1CCCC1C1CCCN1C(=O)CCCc1cccs1. The summed E-state index contributed by atoms with van der Waals surface area (Å²) in [6, 6.07) is 5.34. The van der Waals surface area contributed by atoms with E-state index in [9.17, 15) is 4.79 Å². The first kappa shape index (κ1) is 15.0. The van der Waals surface area contributed by atoms with Gasteiger partial charge in [-0.05, 0) is 63.6 Å². The molecule has 0 saturated carbocycles. The molecule has 0 radical (unpaired) electrons. The molecule has 0 aromatic carbocycles. The number of aryl methyl sites for hydroxylation is 1. The molecule has 2 atom stereocenters. The number of carbonyl (C=O) groups is 1. The number of rotatable bonds is 5. The molecular weight excluding hydrogens is 280 g/mol. The van der Waals surface area contributed by atoms with Crippen molar-refractivity contribution in [3.8, 4) is 0 Å². The first-order valence-corrected chi connectivity index (χ1v) is 9.16. The third kappa shape index (κ3) is 3.49. The molecule has 1 aromatic heterocycles. The maximum absolute atomic E-state index is 12.6. The average molecular weight is 306 g/mol. The zero-order valence-electron chi connectivity index (χ0n) is 13.0. The zero-order valence-corrected chi connectivity index (χ0v) is 13.8. The van der Waals surface area contributed by atoms with E-state index >= 15 is 0 Å². The summed E-state index contributed by atoms with van der Waals surface area (Å²) < 4.78 is 0. The fraction of sp³-hybridized carbons (Fsp3) is 0.706. The number of carbonyl (C=O) groups excluding carboxylic acids is 1. The fourth-order valence-corrected chi connectivity index (χ4v) is 4.69. The van der Waals surface area contributed by atoms with E-state index < -0.39 is 0 Å². The lowest BCUT2D eigenvalue weighted by Crippen LogP contribution is -2.47. The number of thiophene rings is 1. The molecule has 2 fully saturated rings. The topological polar surface area (TPSA) is 23.6 Å². The third-order valence-corrected chi connectivity index (χ3v) is 5.97. The molecule has 2 unspecified atom stereocenters. The van der Waals surface area contributed by atoms with Gasteiger partial charge in [0, 0.05) is 29.9 Å². The molecule has 3 heterocycles. The van der Waals surface area contributed by atoms with Crippen molar-refractivity contribution < 1.29 is 4.79 Å². The summed E-state index contributed by atoms with van der Waals surface area (Å²) in [5.41, 5.74) is 0. The van der Waals surface area contributed by atoms with Crippen molar-refractivity contribution in [2.24, 2.45) is 0 Å². The van der Waals surface area contributed by atoms with Crippen LogP contribution in [0.2, 0.25) is 0 Å². The lowest BCUT2D eigenvalue weighted by Gasteiger charge is -2.33. The molecule has 2 saturated heterocycles. The van der Waals surface area contributed by atoms with Crippen molar-refractivity contribution in [1.82, 2.24) is 9.80 Å². The van der Waals surface area contributed by atoms with Gasteiger partial charge in [0.05, 0.1) is 0 Å². The van der Waals surface area contributed by atoms with Gasteiger partial charge in [-0.15, -0.1) is 11.3 Å². The van der Waals surface area contributed by atoms with E-state index in [-0.39, 0.29) is 0 Å². The normalized spacial score (nSPS) is 26.6. The highest BCUT2D eigenvalue weighted by Crippen LogP contribution is 2.29. The summed E-state index contributed by atoms with van der Waals surface area (Å²) in [4.78, 5) is 18.6. The second-order valence-electron chi connectivity index (χ2n) is 6.42. The first-order chi connectivity index (χ1) is 10.3. The van der Waals surface area contributed by atoms with Gasteiger partial charge in [0.15, 0.2) is 0 Å². The molecule has 1 aromatic rings. The Kier molecular flexibility index (Phi) is 4.96. The van der Waals surface area contributed by atoms with Crippen LogP contribution in [0.25, 0.3) is 0 Å². The smallest absolute Gasteiger partial charge is 0.222 e. The van der Waals surface area contributed by atoms with Gasteiger partial charge in [-0.2, -0.15) is 0 Å². The summed E-state index contributed by atoms with van der Waals surface area (Å²) >= 11 is 1.80. The molecule has 4 heteroatoms. The largest absolute Gasteiger partial charge is 0.338 e. The molecular formula is C17H26N2OS. The van der Waals surface area contributed by atoms with Crippen LogP contribution in [0, 0.1) is 0 Å². The van der Waals surface area contributed by atoms with Gasteiger partial charge in [0.25, 0.3) is 0 Å². The predicted molar refractivity (Wildman–Crippen MR) is 87.6 cm³/mol. The van der Waals surface area contributed by atoms with Crippen molar-refractivity contribution in [2.45, 2.75) is 57.0 Å². The van der Waals surface area contributed by atoms with E-state index in [1.54, 1.807) is 11.3 Å². The number of hydrogen-bond donors (Lipinski definition) is 0. The maximum atomic E-state index is 12.6. The fourth-order valence-electron chi connectivity index (χ4n) is 3.94. The van der Waals surface area contributed by atoms with Crippen molar-refractivity contribution in [3.63, 3.8) is 0 Å². The van der Waals surface area contributed by atoms with Crippen LogP contribution in [-0.4, -0.2) is 47.9 Å². The number of amides is 1. The van der Waals surface area contributed by atoms with Crippen molar-refractivity contribution >= 4 is 17.2 Å². The van der Waals surface area contributed by atoms with Crippen LogP contribution < -0.4 is 0 Å². The van der Waals surface area contributed by atoms with Crippen LogP contribution in [0.4, 0.5) is 0 Å². The molecule has 0 N–H and O–H groups in total. The minimum absolute atomic E-state index is 0.384. The Balaban J connectivity index is 1.51. The Labute approximate surface area is 131 Å². The van der Waals surface area contributed by atoms with Crippen LogP contribution >= 0.6 is 11.3 Å². The van der Waals surface area contributed by atoms with Crippen LogP contribution in [0.15, 0.2) is 17.5 Å². The number of hydrogen-bond acceptors (Lipinski definition) is 3. The van der Waals surface area contributed by atoms with Crippen molar-refractivity contribution in [3.05, 3.63) is 22.4 Å². The quantitative estimate of drug-likeness (QED) is 0.834. The van der Waals surface area contributed by atoms with Gasteiger partial charge in [-0.1, -0.05) is 6.07 Å². The molecule has 2 aliphatic heterocycles. The Hall–Kier alpha value is -0.870. The predicted octanol–water partition coefficient (Wildman–Crippen LogP) is 3.16. The second kappa shape index (κ2) is 6.93. The molecule has 2 aliphatic rings. The second-order valence-corrected chi connectivity index (χ2v) is 7.45. The van der Waals surface area contributed by atoms with Crippen LogP contribution in [0.3, 0.4) is 0 Å². The van der Waals surface area contributed by atoms with Crippen LogP contribution in [0.5, 0.6) is 0 Å². The summed E-state index contributed by atoms with van der Waals surface area (Å²) in [5.74, 6) is 0.384.